The number of nitrogens with zero attached hydrogens (tertiary/aromatic N) is 3. The summed E-state index contributed by atoms with van der Waals surface area (Å²) < 4.78 is 26.7. The smallest absolute Gasteiger partial charge is 0.322 e. The van der Waals surface area contributed by atoms with Crippen LogP contribution >= 0.6 is 0 Å². The number of ether oxygens (including phenoxy) is 1. The van der Waals surface area contributed by atoms with E-state index in [-0.39, 0.29) is 11.3 Å². The Bertz CT molecular complexity index is 2160. The molecule has 0 saturated carbocycles. The Hall–Kier alpha value is -4.54. The second-order valence-corrected chi connectivity index (χ2v) is 33.7. The maximum Gasteiger partial charge on any atom is 0.322 e. The SMILES string of the molecule is CC(COc1ccc(-c2nc(-c3ccc(-c4ccccc4)cc3)nc(-c3ccc(-c4ccccc4)cc3)n2)c(O)c1)[Si](C)(O[Si](C)(C)C)O[Si](C)(C)O[Si](C)(C)C. The molecule has 0 saturated heterocycles. The lowest BCUT2D eigenvalue weighted by atomic mass is 10.0. The Morgan fingerprint density at radius 2 is 0.912 bits per heavy atom. The van der Waals surface area contributed by atoms with Crippen molar-refractivity contribution in [3.63, 3.8) is 0 Å². The third-order valence-corrected chi connectivity index (χ3v) is 23.3. The predicted molar refractivity (Wildman–Crippen MR) is 243 cm³/mol. The van der Waals surface area contributed by atoms with Crippen LogP contribution in [0.25, 0.3) is 56.4 Å². The van der Waals surface area contributed by atoms with Crippen molar-refractivity contribution in [3.8, 4) is 67.9 Å². The molecule has 6 aromatic rings. The van der Waals surface area contributed by atoms with Crippen LogP contribution in [-0.4, -0.2) is 60.4 Å². The summed E-state index contributed by atoms with van der Waals surface area (Å²) in [5.41, 5.74) is 6.59. The molecule has 0 aliphatic heterocycles. The summed E-state index contributed by atoms with van der Waals surface area (Å²) in [5, 5.41) is 11.5. The topological polar surface area (TPSA) is 95.8 Å². The summed E-state index contributed by atoms with van der Waals surface area (Å²) in [7, 11) is -9.06. The molecule has 0 fully saturated rings. The zero-order valence-electron chi connectivity index (χ0n) is 34.8. The van der Waals surface area contributed by atoms with E-state index in [0.29, 0.717) is 35.4 Å². The minimum absolute atomic E-state index is 0.00814. The van der Waals surface area contributed by atoms with E-state index in [1.807, 2.05) is 66.7 Å². The van der Waals surface area contributed by atoms with Crippen LogP contribution < -0.4 is 4.74 Å². The lowest BCUT2D eigenvalue weighted by Crippen LogP contribution is -2.59. The minimum Gasteiger partial charge on any atom is -0.507 e. The number of rotatable bonds is 15. The van der Waals surface area contributed by atoms with Gasteiger partial charge < -0.3 is 22.2 Å². The third-order valence-electron chi connectivity index (χ3n) is 9.25. The average Bonchev–Trinajstić information content (AvgIpc) is 3.15. The molecule has 1 N–H and O–H groups in total. The maximum atomic E-state index is 11.5. The first kappa shape index (κ1) is 42.1. The van der Waals surface area contributed by atoms with Gasteiger partial charge in [0.2, 0.25) is 0 Å². The summed E-state index contributed by atoms with van der Waals surface area (Å²) >= 11 is 0. The molecule has 1 heterocycles. The van der Waals surface area contributed by atoms with Crippen molar-refractivity contribution in [3.05, 3.63) is 127 Å². The van der Waals surface area contributed by atoms with Gasteiger partial charge in [0.05, 0.1) is 12.2 Å². The number of phenols is 1. The molecule has 0 spiro atoms. The number of hydrogen-bond acceptors (Lipinski definition) is 8. The van der Waals surface area contributed by atoms with Crippen LogP contribution in [-0.2, 0) is 12.3 Å². The van der Waals surface area contributed by atoms with E-state index < -0.39 is 33.8 Å². The molecule has 1 aromatic heterocycles. The van der Waals surface area contributed by atoms with Gasteiger partial charge in [-0.25, -0.2) is 15.0 Å². The standard InChI is InChI=1S/C45H55N3O5Si4/c1-33(57(10,52-55(5,6)7)53-56(8,9)51-54(2,3)4)32-50-40-29-30-41(42(49)31-40)45-47-43(38-25-21-36(22-26-38)34-17-13-11-14-18-34)46-44(48-45)39-27-23-37(24-28-39)35-19-15-12-16-20-35/h11-31,33,49H,32H2,1-10H3. The Morgan fingerprint density at radius 1 is 0.491 bits per heavy atom. The van der Waals surface area contributed by atoms with Crippen molar-refractivity contribution < 1.29 is 22.2 Å². The van der Waals surface area contributed by atoms with Crippen molar-refractivity contribution in [2.75, 3.05) is 6.61 Å². The molecule has 0 bridgehead atoms. The number of hydrogen-bond donors (Lipinski definition) is 1. The second-order valence-electron chi connectivity index (χ2n) is 17.0. The molecule has 5 aromatic carbocycles. The van der Waals surface area contributed by atoms with Crippen molar-refractivity contribution in [2.45, 2.75) is 71.4 Å². The zero-order valence-corrected chi connectivity index (χ0v) is 38.8. The summed E-state index contributed by atoms with van der Waals surface area (Å²) in [6.45, 7) is 22.0. The van der Waals surface area contributed by atoms with Crippen LogP contribution in [0, 0.1) is 0 Å². The van der Waals surface area contributed by atoms with Gasteiger partial charge in [0.15, 0.2) is 34.1 Å². The summed E-state index contributed by atoms with van der Waals surface area (Å²) in [6, 6.07) is 42.2. The molecule has 57 heavy (non-hydrogen) atoms. The molecule has 296 valence electrons. The van der Waals surface area contributed by atoms with Crippen LogP contribution in [0.4, 0.5) is 0 Å². The largest absolute Gasteiger partial charge is 0.507 e. The van der Waals surface area contributed by atoms with Crippen LogP contribution in [0.15, 0.2) is 127 Å². The van der Waals surface area contributed by atoms with Crippen LogP contribution in [0.3, 0.4) is 0 Å². The fourth-order valence-corrected chi connectivity index (χ4v) is 24.6. The van der Waals surface area contributed by atoms with E-state index in [0.717, 1.165) is 33.4 Å². The van der Waals surface area contributed by atoms with Crippen molar-refractivity contribution >= 4 is 33.8 Å². The first-order chi connectivity index (χ1) is 26.9. The number of aromatic nitrogens is 3. The Morgan fingerprint density at radius 3 is 1.35 bits per heavy atom. The fraction of sp³-hybridized carbons (Fsp3) is 0.267. The molecular formula is C45H55N3O5Si4. The van der Waals surface area contributed by atoms with Crippen LogP contribution in [0.5, 0.6) is 11.5 Å². The Kier molecular flexibility index (Phi) is 12.6. The van der Waals surface area contributed by atoms with E-state index in [2.05, 4.69) is 114 Å². The molecule has 0 radical (unpaired) electrons. The van der Waals surface area contributed by atoms with Crippen molar-refractivity contribution in [1.82, 2.24) is 15.0 Å². The molecular weight excluding hydrogens is 775 g/mol. The molecule has 2 unspecified atom stereocenters. The second kappa shape index (κ2) is 17.1. The molecule has 2 atom stereocenters. The lowest BCUT2D eigenvalue weighted by Gasteiger charge is -2.43. The van der Waals surface area contributed by atoms with Gasteiger partial charge in [0.25, 0.3) is 0 Å². The highest BCUT2D eigenvalue weighted by Gasteiger charge is 2.48. The monoisotopic (exact) mass is 829 g/mol. The van der Waals surface area contributed by atoms with Gasteiger partial charge in [0, 0.05) is 22.7 Å². The van der Waals surface area contributed by atoms with Gasteiger partial charge in [-0.3, -0.25) is 0 Å². The van der Waals surface area contributed by atoms with E-state index in [9.17, 15) is 5.11 Å². The average molecular weight is 830 g/mol. The summed E-state index contributed by atoms with van der Waals surface area (Å²) in [5.74, 6) is 1.91. The Labute approximate surface area is 342 Å². The van der Waals surface area contributed by atoms with E-state index in [1.165, 1.54) is 0 Å². The van der Waals surface area contributed by atoms with Crippen molar-refractivity contribution in [1.29, 1.82) is 0 Å². The van der Waals surface area contributed by atoms with Gasteiger partial charge in [0.1, 0.15) is 11.5 Å². The van der Waals surface area contributed by atoms with Gasteiger partial charge in [-0.2, -0.15) is 0 Å². The first-order valence-electron chi connectivity index (χ1n) is 19.5. The molecule has 6 rings (SSSR count). The molecule has 8 nitrogen and oxygen atoms in total. The summed E-state index contributed by atoms with van der Waals surface area (Å²) in [6.07, 6.45) is 0. The quantitative estimate of drug-likeness (QED) is 0.102. The van der Waals surface area contributed by atoms with Crippen LogP contribution in [0.1, 0.15) is 6.92 Å². The number of benzene rings is 5. The van der Waals surface area contributed by atoms with Gasteiger partial charge >= 0.3 is 17.1 Å². The predicted octanol–water partition coefficient (Wildman–Crippen LogP) is 12.2. The first-order valence-corrected chi connectivity index (χ1v) is 31.5. The normalized spacial score (nSPS) is 13.9. The van der Waals surface area contributed by atoms with E-state index in [1.54, 1.807) is 12.1 Å². The number of phenolic OH excluding ortho intramolecular Hbond substituents is 1. The van der Waals surface area contributed by atoms with Gasteiger partial charge in [-0.1, -0.05) is 116 Å². The fourth-order valence-electron chi connectivity index (χ4n) is 6.88. The Balaban J connectivity index is 1.29. The molecule has 0 amide bonds. The van der Waals surface area contributed by atoms with Gasteiger partial charge in [-0.05, 0) is 93.3 Å². The van der Waals surface area contributed by atoms with Crippen LogP contribution in [0.2, 0.25) is 64.5 Å². The molecule has 0 aliphatic carbocycles. The third kappa shape index (κ3) is 11.3. The van der Waals surface area contributed by atoms with Crippen molar-refractivity contribution in [2.24, 2.45) is 0 Å². The zero-order chi connectivity index (χ0) is 41.0. The van der Waals surface area contributed by atoms with E-state index in [4.69, 9.17) is 32.0 Å². The van der Waals surface area contributed by atoms with E-state index >= 15 is 0 Å². The highest BCUT2D eigenvalue weighted by molar-refractivity contribution is 6.89. The minimum atomic E-state index is -2.77. The molecule has 0 aliphatic rings. The summed E-state index contributed by atoms with van der Waals surface area (Å²) in [4.78, 5) is 14.8. The lowest BCUT2D eigenvalue weighted by molar-refractivity contribution is 0.265. The van der Waals surface area contributed by atoms with Gasteiger partial charge in [-0.15, -0.1) is 0 Å². The molecule has 12 heteroatoms. The maximum absolute atomic E-state index is 11.5. The highest BCUT2D eigenvalue weighted by atomic mass is 28.5. The number of aromatic hydroxyl groups is 1. The highest BCUT2D eigenvalue weighted by Crippen LogP contribution is 2.36.